The van der Waals surface area contributed by atoms with Crippen LogP contribution in [-0.4, -0.2) is 15.0 Å². The van der Waals surface area contributed by atoms with Gasteiger partial charge in [-0.1, -0.05) is 187 Å². The summed E-state index contributed by atoms with van der Waals surface area (Å²) in [4.78, 5) is 17.8. The van der Waals surface area contributed by atoms with E-state index in [-0.39, 0.29) is 20.1 Å². The van der Waals surface area contributed by atoms with Crippen LogP contribution in [-0.2, 0) is 45.8 Å². The Morgan fingerprint density at radius 1 is 0.400 bits per heavy atom. The van der Waals surface area contributed by atoms with Crippen LogP contribution in [0.2, 0.25) is 0 Å². The van der Waals surface area contributed by atoms with Crippen LogP contribution < -0.4 is 0 Å². The topological polar surface area (TPSA) is 66.8 Å². The second-order valence-corrected chi connectivity index (χ2v) is 18.2. The van der Waals surface area contributed by atoms with Crippen molar-refractivity contribution in [3.63, 3.8) is 0 Å². The zero-order chi connectivity index (χ0) is 50.1. The molecule has 11 rings (SSSR count). The number of hydrogen-bond acceptors (Lipinski definition) is 4. The molecule has 0 aliphatic carbocycles. The molecule has 11 aromatic rings. The standard InChI is InChI=1S/C69H46N5.Ir/c1-71-68-46-59(67-21-11-13-38-73-67)33-31-55(68)25-23-49-40-48(22-24-53-28-32-57(43-61(53)47-70)66-20-10-12-37-72-66)41-60(42-49)62-18-8-9-19-63(62)64-35-34-58(69-45-56(36-39-74-69)51-16-6-3-7-17-51)44-65(64)54-29-26-52(27-30-54)50-14-4-2-5-15-50;/h2-21,26-31,35-46H,22-25H2;/q-3;+3. The summed E-state index contributed by atoms with van der Waals surface area (Å²) in [5.41, 5.74) is 21.3. The fraction of sp³-hybridized carbons (Fsp3) is 0.0580. The van der Waals surface area contributed by atoms with Gasteiger partial charge in [-0.3, -0.25) is 4.85 Å². The molecule has 0 amide bonds. The van der Waals surface area contributed by atoms with E-state index in [9.17, 15) is 5.26 Å². The summed E-state index contributed by atoms with van der Waals surface area (Å²) in [6, 6.07) is 85.9. The van der Waals surface area contributed by atoms with E-state index in [4.69, 9.17) is 11.6 Å². The van der Waals surface area contributed by atoms with E-state index in [0.29, 0.717) is 36.9 Å². The average Bonchev–Trinajstić information content (AvgIpc) is 3.48. The summed E-state index contributed by atoms with van der Waals surface area (Å²) in [6.45, 7) is 8.14. The number of nitrogens with zero attached hydrogens (tertiary/aromatic N) is 5. The maximum Gasteiger partial charge on any atom is 3.00 e. The Labute approximate surface area is 452 Å². The van der Waals surface area contributed by atoms with Gasteiger partial charge >= 0.3 is 20.1 Å². The van der Waals surface area contributed by atoms with Crippen molar-refractivity contribution in [1.29, 1.82) is 5.26 Å². The van der Waals surface area contributed by atoms with E-state index < -0.39 is 0 Å². The van der Waals surface area contributed by atoms with Gasteiger partial charge in [0.05, 0.1) is 12.6 Å². The van der Waals surface area contributed by atoms with Gasteiger partial charge in [0.15, 0.2) is 0 Å². The van der Waals surface area contributed by atoms with Gasteiger partial charge in [0, 0.05) is 18.6 Å². The molecule has 0 spiro atoms. The third-order valence-corrected chi connectivity index (χ3v) is 13.5. The van der Waals surface area contributed by atoms with Gasteiger partial charge in [0.2, 0.25) is 0 Å². The predicted octanol–water partition coefficient (Wildman–Crippen LogP) is 16.6. The van der Waals surface area contributed by atoms with Gasteiger partial charge < -0.3 is 15.0 Å². The first-order chi connectivity index (χ1) is 36.6. The SMILES string of the molecule is [C-]#[N+]c1cc(-c2ccccn2)[c-]cc1CCc1cc(CCc2c[c-]c(-c3ccccn3)cc2C#N)cc(-c2ccccc2-c2c[c-]c(-c3cc(-c4ccccc4)ccn3)cc2-c2ccc(-c3ccccc3)cc2)c1.[Ir+3]. The molecule has 0 saturated carbocycles. The zero-order valence-electron chi connectivity index (χ0n) is 40.8. The molecule has 0 radical (unpaired) electrons. The molecule has 0 aliphatic rings. The van der Waals surface area contributed by atoms with Gasteiger partial charge in [-0.2, -0.15) is 11.3 Å². The average molecular weight is 1140 g/mol. The normalized spacial score (nSPS) is 10.7. The summed E-state index contributed by atoms with van der Waals surface area (Å²) in [5.74, 6) is 0. The molecule has 6 heteroatoms. The van der Waals surface area contributed by atoms with Crippen LogP contribution in [0.1, 0.15) is 27.8 Å². The Bertz CT molecular complexity index is 3720. The maximum atomic E-state index is 10.4. The molecule has 356 valence electrons. The molecule has 3 heterocycles. The third-order valence-electron chi connectivity index (χ3n) is 13.5. The second kappa shape index (κ2) is 23.2. The Morgan fingerprint density at radius 3 is 1.57 bits per heavy atom. The fourth-order valence-electron chi connectivity index (χ4n) is 9.68. The Hall–Kier alpha value is -9.16. The first-order valence-electron chi connectivity index (χ1n) is 24.7. The summed E-state index contributed by atoms with van der Waals surface area (Å²) in [5, 5.41) is 10.4. The molecule has 0 N–H and O–H groups in total. The van der Waals surface area contributed by atoms with Gasteiger partial charge in [-0.15, -0.1) is 76.3 Å². The number of pyridine rings is 3. The van der Waals surface area contributed by atoms with Crippen LogP contribution in [0.25, 0.3) is 94.3 Å². The van der Waals surface area contributed by atoms with Crippen molar-refractivity contribution in [2.75, 3.05) is 0 Å². The molecule has 75 heavy (non-hydrogen) atoms. The van der Waals surface area contributed by atoms with Crippen molar-refractivity contribution in [2.24, 2.45) is 0 Å². The van der Waals surface area contributed by atoms with Crippen molar-refractivity contribution in [3.8, 4) is 95.5 Å². The third kappa shape index (κ3) is 11.3. The molecule has 8 aromatic carbocycles. The van der Waals surface area contributed by atoms with E-state index >= 15 is 0 Å². The fourth-order valence-corrected chi connectivity index (χ4v) is 9.68. The van der Waals surface area contributed by atoms with E-state index in [1.54, 1.807) is 12.4 Å². The summed E-state index contributed by atoms with van der Waals surface area (Å²) in [7, 11) is 0. The number of nitriles is 1. The molecule has 3 aromatic heterocycles. The van der Waals surface area contributed by atoms with E-state index in [2.05, 4.69) is 179 Å². The first-order valence-corrected chi connectivity index (χ1v) is 24.7. The van der Waals surface area contributed by atoms with Crippen molar-refractivity contribution in [2.45, 2.75) is 25.7 Å². The van der Waals surface area contributed by atoms with Crippen LogP contribution in [0.5, 0.6) is 0 Å². The summed E-state index contributed by atoms with van der Waals surface area (Å²) >= 11 is 0. The molecule has 0 saturated heterocycles. The van der Waals surface area contributed by atoms with Gasteiger partial charge in [-0.25, -0.2) is 0 Å². The molecule has 0 aliphatic heterocycles. The number of aromatic nitrogens is 3. The Morgan fingerprint density at radius 2 is 0.933 bits per heavy atom. The van der Waals surface area contributed by atoms with Crippen molar-refractivity contribution in [1.82, 2.24) is 15.0 Å². The minimum atomic E-state index is 0. The second-order valence-electron chi connectivity index (χ2n) is 18.2. The quantitative estimate of drug-likeness (QED) is 0.102. The molecule has 0 fully saturated rings. The van der Waals surface area contributed by atoms with E-state index in [0.717, 1.165) is 112 Å². The van der Waals surface area contributed by atoms with E-state index in [1.807, 2.05) is 79.0 Å². The van der Waals surface area contributed by atoms with Crippen LogP contribution in [0.4, 0.5) is 5.69 Å². The zero-order valence-corrected chi connectivity index (χ0v) is 43.2. The number of rotatable bonds is 14. The Balaban J connectivity index is 0.00000641. The molecular formula is C69H46IrN5. The monoisotopic (exact) mass is 1140 g/mol. The number of benzene rings is 8. The van der Waals surface area contributed by atoms with Gasteiger partial charge in [0.1, 0.15) is 5.69 Å². The molecule has 0 atom stereocenters. The molecule has 0 bridgehead atoms. The smallest absolute Gasteiger partial charge is 0.305 e. The van der Waals surface area contributed by atoms with Gasteiger partial charge in [-0.05, 0) is 104 Å². The predicted molar refractivity (Wildman–Crippen MR) is 299 cm³/mol. The van der Waals surface area contributed by atoms with Crippen molar-refractivity contribution >= 4 is 5.69 Å². The first kappa shape index (κ1) is 49.4. The van der Waals surface area contributed by atoms with Crippen LogP contribution in [0.15, 0.2) is 231 Å². The minimum Gasteiger partial charge on any atom is -0.305 e. The van der Waals surface area contributed by atoms with Crippen molar-refractivity contribution < 1.29 is 20.1 Å². The van der Waals surface area contributed by atoms with Gasteiger partial charge in [0.25, 0.3) is 0 Å². The van der Waals surface area contributed by atoms with Crippen LogP contribution in [0, 0.1) is 36.1 Å². The number of aryl methyl sites for hydroxylation is 4. The molecular weight excluding hydrogens is 1090 g/mol. The molecule has 5 nitrogen and oxygen atoms in total. The summed E-state index contributed by atoms with van der Waals surface area (Å²) in [6.07, 6.45) is 8.10. The largest absolute Gasteiger partial charge is 3.00 e. The van der Waals surface area contributed by atoms with Crippen LogP contribution in [0.3, 0.4) is 0 Å². The molecule has 0 unspecified atom stereocenters. The van der Waals surface area contributed by atoms with E-state index in [1.165, 1.54) is 0 Å². The maximum absolute atomic E-state index is 10.4. The number of hydrogen-bond donors (Lipinski definition) is 0. The summed E-state index contributed by atoms with van der Waals surface area (Å²) < 4.78 is 0. The minimum absolute atomic E-state index is 0. The Kier molecular flexibility index (Phi) is 15.3. The van der Waals surface area contributed by atoms with Crippen molar-refractivity contribution in [3.05, 3.63) is 288 Å². The van der Waals surface area contributed by atoms with Crippen LogP contribution >= 0.6 is 0 Å².